The number of rotatable bonds is 11. The van der Waals surface area contributed by atoms with Crippen molar-refractivity contribution in [2.45, 2.75) is 37.6 Å². The van der Waals surface area contributed by atoms with E-state index in [0.717, 1.165) is 25.9 Å². The molecule has 0 aliphatic heterocycles. The van der Waals surface area contributed by atoms with Crippen LogP contribution in [0.15, 0.2) is 35.4 Å². The van der Waals surface area contributed by atoms with Crippen molar-refractivity contribution in [2.24, 2.45) is 0 Å². The Kier molecular flexibility index (Phi) is 7.20. The normalized spacial score (nSPS) is 13.8. The SMILES string of the molecule is CCN(CC)CCNS(=O)(=O)c1ccc(Nc2ncc(C#N)c(NC3CC3)n2)cc1. The molecule has 1 fully saturated rings. The second-order valence-electron chi connectivity index (χ2n) is 7.06. The van der Waals surface area contributed by atoms with Gasteiger partial charge in [-0.2, -0.15) is 10.2 Å². The van der Waals surface area contributed by atoms with Crippen LogP contribution in [0.2, 0.25) is 0 Å². The summed E-state index contributed by atoms with van der Waals surface area (Å²) in [6.45, 7) is 6.89. The lowest BCUT2D eigenvalue weighted by atomic mass is 10.3. The van der Waals surface area contributed by atoms with Gasteiger partial charge >= 0.3 is 0 Å². The molecule has 9 nitrogen and oxygen atoms in total. The number of benzene rings is 1. The fourth-order valence-electron chi connectivity index (χ4n) is 2.86. The standard InChI is InChI=1S/C20H27N7O2S/c1-3-27(4-2)12-11-23-30(28,29)18-9-7-17(8-10-18)25-20-22-14-15(13-21)19(26-20)24-16-5-6-16/h7-10,14,16,23H,3-6,11-12H2,1-2H3,(H2,22,24,25,26). The fraction of sp³-hybridized carbons (Fsp3) is 0.450. The van der Waals surface area contributed by atoms with Gasteiger partial charge in [-0.1, -0.05) is 13.8 Å². The summed E-state index contributed by atoms with van der Waals surface area (Å²) in [7, 11) is -3.57. The molecule has 30 heavy (non-hydrogen) atoms. The molecular weight excluding hydrogens is 402 g/mol. The number of nitrogens with zero attached hydrogens (tertiary/aromatic N) is 4. The van der Waals surface area contributed by atoms with Crippen molar-refractivity contribution >= 4 is 27.5 Å². The molecule has 0 atom stereocenters. The molecule has 0 bridgehead atoms. The first kappa shape index (κ1) is 22.0. The van der Waals surface area contributed by atoms with E-state index in [2.05, 4.69) is 36.3 Å². The van der Waals surface area contributed by atoms with Gasteiger partial charge < -0.3 is 15.5 Å². The maximum Gasteiger partial charge on any atom is 0.240 e. The molecule has 1 aromatic carbocycles. The number of hydrogen-bond acceptors (Lipinski definition) is 8. The highest BCUT2D eigenvalue weighted by atomic mass is 32.2. The number of nitriles is 1. The Bertz CT molecular complexity index is 995. The Morgan fingerprint density at radius 3 is 2.50 bits per heavy atom. The van der Waals surface area contributed by atoms with Crippen LogP contribution in [0.3, 0.4) is 0 Å². The highest BCUT2D eigenvalue weighted by Crippen LogP contribution is 2.26. The average Bonchev–Trinajstić information content (AvgIpc) is 3.56. The quantitative estimate of drug-likeness (QED) is 0.497. The van der Waals surface area contributed by atoms with Gasteiger partial charge in [0.1, 0.15) is 17.5 Å². The van der Waals surface area contributed by atoms with E-state index < -0.39 is 10.0 Å². The minimum Gasteiger partial charge on any atom is -0.366 e. The molecule has 1 aliphatic carbocycles. The summed E-state index contributed by atoms with van der Waals surface area (Å²) in [6, 6.07) is 8.84. The molecule has 3 N–H and O–H groups in total. The smallest absolute Gasteiger partial charge is 0.240 e. The van der Waals surface area contributed by atoms with Gasteiger partial charge in [0.15, 0.2) is 0 Å². The van der Waals surface area contributed by atoms with E-state index in [0.29, 0.717) is 42.1 Å². The van der Waals surface area contributed by atoms with Crippen LogP contribution in [0.25, 0.3) is 0 Å². The van der Waals surface area contributed by atoms with Crippen LogP contribution < -0.4 is 15.4 Å². The van der Waals surface area contributed by atoms with Gasteiger partial charge in [0.2, 0.25) is 16.0 Å². The van der Waals surface area contributed by atoms with Crippen LogP contribution in [0.4, 0.5) is 17.5 Å². The van der Waals surface area contributed by atoms with E-state index in [1.54, 1.807) is 12.1 Å². The molecule has 0 spiro atoms. The fourth-order valence-corrected chi connectivity index (χ4v) is 3.88. The second-order valence-corrected chi connectivity index (χ2v) is 8.83. The molecule has 1 heterocycles. The highest BCUT2D eigenvalue weighted by molar-refractivity contribution is 7.89. The Morgan fingerprint density at radius 2 is 1.90 bits per heavy atom. The topological polar surface area (TPSA) is 123 Å². The summed E-state index contributed by atoms with van der Waals surface area (Å²) in [5.74, 6) is 0.846. The predicted octanol–water partition coefficient (Wildman–Crippen LogP) is 2.29. The van der Waals surface area contributed by atoms with E-state index in [4.69, 9.17) is 0 Å². The molecular formula is C20H27N7O2S. The zero-order valence-electron chi connectivity index (χ0n) is 17.2. The van der Waals surface area contributed by atoms with E-state index >= 15 is 0 Å². The molecule has 0 amide bonds. The largest absolute Gasteiger partial charge is 0.366 e. The minimum atomic E-state index is -3.57. The molecule has 1 saturated carbocycles. The van der Waals surface area contributed by atoms with Crippen LogP contribution in [-0.2, 0) is 10.0 Å². The summed E-state index contributed by atoms with van der Waals surface area (Å²) in [5.41, 5.74) is 1.05. The van der Waals surface area contributed by atoms with Gasteiger partial charge in [-0.15, -0.1) is 0 Å². The third-order valence-corrected chi connectivity index (χ3v) is 6.34. The molecule has 1 aromatic heterocycles. The van der Waals surface area contributed by atoms with Crippen molar-refractivity contribution in [1.29, 1.82) is 5.26 Å². The van der Waals surface area contributed by atoms with Gasteiger partial charge in [0.25, 0.3) is 0 Å². The van der Waals surface area contributed by atoms with Gasteiger partial charge in [0, 0.05) is 24.8 Å². The lowest BCUT2D eigenvalue weighted by molar-refractivity contribution is 0.309. The van der Waals surface area contributed by atoms with Crippen LogP contribution >= 0.6 is 0 Å². The van der Waals surface area contributed by atoms with Crippen LogP contribution in [0.1, 0.15) is 32.3 Å². The number of hydrogen-bond donors (Lipinski definition) is 3. The first-order chi connectivity index (χ1) is 14.4. The second kappa shape index (κ2) is 9.84. The molecule has 0 unspecified atom stereocenters. The van der Waals surface area contributed by atoms with Crippen molar-refractivity contribution in [3.63, 3.8) is 0 Å². The van der Waals surface area contributed by atoms with E-state index in [1.807, 2.05) is 13.8 Å². The third kappa shape index (κ3) is 5.89. The van der Waals surface area contributed by atoms with Gasteiger partial charge in [0.05, 0.1) is 11.1 Å². The summed E-state index contributed by atoms with van der Waals surface area (Å²) in [5, 5.41) is 15.5. The molecule has 2 aromatic rings. The van der Waals surface area contributed by atoms with Gasteiger partial charge in [-0.25, -0.2) is 18.1 Å². The Hall–Kier alpha value is -2.74. The highest BCUT2D eigenvalue weighted by Gasteiger charge is 2.23. The van der Waals surface area contributed by atoms with Crippen molar-refractivity contribution in [3.05, 3.63) is 36.0 Å². The lowest BCUT2D eigenvalue weighted by Gasteiger charge is -2.18. The first-order valence-corrected chi connectivity index (χ1v) is 11.6. The number of anilines is 3. The summed E-state index contributed by atoms with van der Waals surface area (Å²) >= 11 is 0. The zero-order valence-corrected chi connectivity index (χ0v) is 18.0. The van der Waals surface area contributed by atoms with Crippen LogP contribution in [-0.4, -0.2) is 55.5 Å². The maximum absolute atomic E-state index is 12.5. The molecule has 1 aliphatic rings. The number of likely N-dealkylation sites (N-methyl/N-ethyl adjacent to an activating group) is 1. The molecule has 160 valence electrons. The van der Waals surface area contributed by atoms with Crippen molar-refractivity contribution in [1.82, 2.24) is 19.6 Å². The number of sulfonamides is 1. The van der Waals surface area contributed by atoms with Crippen LogP contribution in [0.5, 0.6) is 0 Å². The monoisotopic (exact) mass is 429 g/mol. The van der Waals surface area contributed by atoms with E-state index in [1.165, 1.54) is 18.3 Å². The Labute approximate surface area is 177 Å². The van der Waals surface area contributed by atoms with Gasteiger partial charge in [-0.05, 0) is 50.2 Å². The Morgan fingerprint density at radius 1 is 1.20 bits per heavy atom. The molecule has 3 rings (SSSR count). The summed E-state index contributed by atoms with van der Waals surface area (Å²) in [4.78, 5) is 10.9. The van der Waals surface area contributed by atoms with Crippen LogP contribution in [0, 0.1) is 11.3 Å². The van der Waals surface area contributed by atoms with E-state index in [9.17, 15) is 13.7 Å². The van der Waals surface area contributed by atoms with Gasteiger partial charge in [-0.3, -0.25) is 0 Å². The molecule has 0 radical (unpaired) electrons. The number of aromatic nitrogens is 2. The lowest BCUT2D eigenvalue weighted by Crippen LogP contribution is -2.34. The molecule has 10 heteroatoms. The summed E-state index contributed by atoms with van der Waals surface area (Å²) in [6.07, 6.45) is 3.60. The number of nitrogens with one attached hydrogen (secondary N) is 3. The Balaban J connectivity index is 1.63. The van der Waals surface area contributed by atoms with E-state index in [-0.39, 0.29) is 4.90 Å². The predicted molar refractivity (Wildman–Crippen MR) is 116 cm³/mol. The molecule has 0 saturated heterocycles. The van der Waals surface area contributed by atoms with Crippen molar-refractivity contribution in [3.8, 4) is 6.07 Å². The zero-order chi connectivity index (χ0) is 21.6. The third-order valence-electron chi connectivity index (χ3n) is 4.86. The first-order valence-electron chi connectivity index (χ1n) is 10.1. The average molecular weight is 430 g/mol. The summed E-state index contributed by atoms with van der Waals surface area (Å²) < 4.78 is 27.6. The van der Waals surface area contributed by atoms with Crippen molar-refractivity contribution in [2.75, 3.05) is 36.8 Å². The minimum absolute atomic E-state index is 0.199. The maximum atomic E-state index is 12.5. The van der Waals surface area contributed by atoms with Crippen molar-refractivity contribution < 1.29 is 8.42 Å².